The van der Waals surface area contributed by atoms with E-state index in [1.165, 1.54) is 11.3 Å². The number of rotatable bonds is 5. The molecule has 0 bridgehead atoms. The van der Waals surface area contributed by atoms with Crippen LogP contribution in [-0.2, 0) is 11.3 Å². The van der Waals surface area contributed by atoms with E-state index in [9.17, 15) is 9.59 Å². The largest absolute Gasteiger partial charge is 0.441 e. The van der Waals surface area contributed by atoms with Crippen molar-refractivity contribution in [2.45, 2.75) is 19.9 Å². The van der Waals surface area contributed by atoms with Crippen molar-refractivity contribution in [2.75, 3.05) is 5.32 Å². The molecule has 0 radical (unpaired) electrons. The maximum absolute atomic E-state index is 12.1. The molecule has 0 aliphatic carbocycles. The van der Waals surface area contributed by atoms with E-state index in [1.54, 1.807) is 25.1 Å². The molecule has 1 amide bonds. The van der Waals surface area contributed by atoms with Crippen molar-refractivity contribution in [3.8, 4) is 10.8 Å². The SMILES string of the molecule is Cc1nc2cc(NC(=O)CCn3nc(-c4cccs4)oc3=O)ccc2o1. The van der Waals surface area contributed by atoms with Gasteiger partial charge in [-0.25, -0.2) is 9.78 Å². The van der Waals surface area contributed by atoms with E-state index < -0.39 is 5.76 Å². The summed E-state index contributed by atoms with van der Waals surface area (Å²) in [5, 5.41) is 8.77. The summed E-state index contributed by atoms with van der Waals surface area (Å²) in [5.74, 6) is 0.00511. The summed E-state index contributed by atoms with van der Waals surface area (Å²) in [4.78, 5) is 29.0. The molecule has 0 spiro atoms. The average molecular weight is 370 g/mol. The van der Waals surface area contributed by atoms with Gasteiger partial charge in [-0.1, -0.05) is 6.07 Å². The highest BCUT2D eigenvalue weighted by Crippen LogP contribution is 2.21. The molecule has 0 saturated carbocycles. The number of benzene rings is 1. The van der Waals surface area contributed by atoms with Gasteiger partial charge in [-0.05, 0) is 29.6 Å². The van der Waals surface area contributed by atoms with Gasteiger partial charge in [0.15, 0.2) is 11.5 Å². The molecule has 1 aromatic carbocycles. The molecule has 4 aromatic rings. The number of nitrogens with one attached hydrogen (secondary N) is 1. The number of aryl methyl sites for hydroxylation is 2. The summed E-state index contributed by atoms with van der Waals surface area (Å²) in [5.41, 5.74) is 1.95. The number of thiophene rings is 1. The first-order valence-corrected chi connectivity index (χ1v) is 8.75. The van der Waals surface area contributed by atoms with E-state index in [-0.39, 0.29) is 24.8 Å². The fourth-order valence-corrected chi connectivity index (χ4v) is 3.14. The van der Waals surface area contributed by atoms with Gasteiger partial charge in [0.05, 0.1) is 11.4 Å². The first-order valence-electron chi connectivity index (χ1n) is 7.87. The summed E-state index contributed by atoms with van der Waals surface area (Å²) in [6, 6.07) is 8.89. The molecule has 1 N–H and O–H groups in total. The molecule has 26 heavy (non-hydrogen) atoms. The second-order valence-corrected chi connectivity index (χ2v) is 6.53. The zero-order chi connectivity index (χ0) is 18.1. The van der Waals surface area contributed by atoms with Crippen LogP contribution < -0.4 is 11.1 Å². The summed E-state index contributed by atoms with van der Waals surface area (Å²) in [6.07, 6.45) is 0.0895. The van der Waals surface area contributed by atoms with Gasteiger partial charge in [-0.3, -0.25) is 4.79 Å². The minimum absolute atomic E-state index is 0.0895. The Kier molecular flexibility index (Phi) is 4.13. The third-order valence-corrected chi connectivity index (χ3v) is 4.53. The molecular formula is C17H14N4O4S. The van der Waals surface area contributed by atoms with Crippen LogP contribution in [0, 0.1) is 6.92 Å². The van der Waals surface area contributed by atoms with Crippen LogP contribution in [0.5, 0.6) is 0 Å². The molecule has 3 heterocycles. The zero-order valence-electron chi connectivity index (χ0n) is 13.8. The lowest BCUT2D eigenvalue weighted by Gasteiger charge is -2.04. The Labute approximate surface area is 151 Å². The third-order valence-electron chi connectivity index (χ3n) is 3.67. The summed E-state index contributed by atoms with van der Waals surface area (Å²) < 4.78 is 11.7. The average Bonchev–Trinajstić information content (AvgIpc) is 3.31. The number of nitrogens with zero attached hydrogens (tertiary/aromatic N) is 3. The highest BCUT2D eigenvalue weighted by Gasteiger charge is 2.13. The molecule has 0 aliphatic heterocycles. The number of carbonyl (C=O) groups excluding carboxylic acids is 1. The van der Waals surface area contributed by atoms with Crippen LogP contribution in [-0.4, -0.2) is 20.7 Å². The highest BCUT2D eigenvalue weighted by molar-refractivity contribution is 7.13. The van der Waals surface area contributed by atoms with Crippen molar-refractivity contribution < 1.29 is 13.6 Å². The third kappa shape index (κ3) is 3.29. The number of amides is 1. The predicted molar refractivity (Wildman–Crippen MR) is 96.1 cm³/mol. The van der Waals surface area contributed by atoms with Crippen LogP contribution in [0.2, 0.25) is 0 Å². The zero-order valence-corrected chi connectivity index (χ0v) is 14.6. The van der Waals surface area contributed by atoms with Crippen LogP contribution in [0.4, 0.5) is 5.69 Å². The van der Waals surface area contributed by atoms with Crippen molar-refractivity contribution >= 4 is 34.0 Å². The molecule has 0 atom stereocenters. The van der Waals surface area contributed by atoms with E-state index in [4.69, 9.17) is 8.83 Å². The van der Waals surface area contributed by atoms with Gasteiger partial charge in [0.25, 0.3) is 5.89 Å². The standard InChI is InChI=1S/C17H14N4O4S/c1-10-18-12-9-11(4-5-13(12)24-10)19-15(22)6-7-21-17(23)25-16(20-21)14-3-2-8-26-14/h2-5,8-9H,6-7H2,1H3,(H,19,22). The van der Waals surface area contributed by atoms with Gasteiger partial charge < -0.3 is 14.2 Å². The smallest absolute Gasteiger partial charge is 0.437 e. The van der Waals surface area contributed by atoms with E-state index in [0.717, 1.165) is 9.56 Å². The number of hydrogen-bond acceptors (Lipinski definition) is 7. The van der Waals surface area contributed by atoms with Gasteiger partial charge in [0.2, 0.25) is 5.91 Å². The number of aromatic nitrogens is 3. The Bertz CT molecular complexity index is 1120. The molecule has 0 aliphatic rings. The Morgan fingerprint density at radius 3 is 3.00 bits per heavy atom. The van der Waals surface area contributed by atoms with E-state index in [0.29, 0.717) is 22.7 Å². The van der Waals surface area contributed by atoms with Crippen molar-refractivity contribution in [1.82, 2.24) is 14.8 Å². The molecule has 0 saturated heterocycles. The molecule has 8 nitrogen and oxygen atoms in total. The van der Waals surface area contributed by atoms with Gasteiger partial charge in [-0.15, -0.1) is 16.4 Å². The number of anilines is 1. The number of oxazole rings is 1. The molecule has 4 rings (SSSR count). The quantitative estimate of drug-likeness (QED) is 0.579. The van der Waals surface area contributed by atoms with Gasteiger partial charge in [0.1, 0.15) is 5.52 Å². The summed E-state index contributed by atoms with van der Waals surface area (Å²) in [6.45, 7) is 1.89. The first-order chi connectivity index (χ1) is 12.6. The molecule has 0 fully saturated rings. The minimum atomic E-state index is -0.583. The maximum atomic E-state index is 12.1. The van der Waals surface area contributed by atoms with Crippen LogP contribution in [0.25, 0.3) is 21.9 Å². The maximum Gasteiger partial charge on any atom is 0.437 e. The number of fused-ring (bicyclic) bond motifs is 1. The van der Waals surface area contributed by atoms with Crippen LogP contribution >= 0.6 is 11.3 Å². The predicted octanol–water partition coefficient (Wildman–Crippen LogP) is 3.04. The Morgan fingerprint density at radius 1 is 1.31 bits per heavy atom. The minimum Gasteiger partial charge on any atom is -0.441 e. The second-order valence-electron chi connectivity index (χ2n) is 5.59. The van der Waals surface area contributed by atoms with Crippen molar-refractivity contribution in [1.29, 1.82) is 0 Å². The fourth-order valence-electron chi connectivity index (χ4n) is 2.50. The van der Waals surface area contributed by atoms with Crippen LogP contribution in [0.15, 0.2) is 49.3 Å². The van der Waals surface area contributed by atoms with Crippen LogP contribution in [0.3, 0.4) is 0 Å². The number of hydrogen-bond donors (Lipinski definition) is 1. The lowest BCUT2D eigenvalue weighted by Crippen LogP contribution is -2.20. The van der Waals surface area contributed by atoms with E-state index >= 15 is 0 Å². The molecule has 3 aromatic heterocycles. The molecule has 9 heteroatoms. The number of carbonyl (C=O) groups is 1. The van der Waals surface area contributed by atoms with Crippen LogP contribution in [0.1, 0.15) is 12.3 Å². The second kappa shape index (κ2) is 6.60. The molecule has 132 valence electrons. The van der Waals surface area contributed by atoms with Gasteiger partial charge >= 0.3 is 5.76 Å². The molecule has 0 unspecified atom stereocenters. The summed E-state index contributed by atoms with van der Waals surface area (Å²) >= 11 is 1.43. The first kappa shape index (κ1) is 16.3. The lowest BCUT2D eigenvalue weighted by molar-refractivity contribution is -0.116. The molecular weight excluding hydrogens is 356 g/mol. The van der Waals surface area contributed by atoms with Crippen molar-refractivity contribution in [3.63, 3.8) is 0 Å². The highest BCUT2D eigenvalue weighted by atomic mass is 32.1. The van der Waals surface area contributed by atoms with Crippen molar-refractivity contribution in [3.05, 3.63) is 52.2 Å². The topological polar surface area (TPSA) is 103 Å². The Morgan fingerprint density at radius 2 is 2.19 bits per heavy atom. The van der Waals surface area contributed by atoms with Gasteiger partial charge in [0, 0.05) is 19.0 Å². The van der Waals surface area contributed by atoms with E-state index in [2.05, 4.69) is 15.4 Å². The Balaban J connectivity index is 1.41. The monoisotopic (exact) mass is 370 g/mol. The Hall–Kier alpha value is -3.20. The summed E-state index contributed by atoms with van der Waals surface area (Å²) in [7, 11) is 0. The van der Waals surface area contributed by atoms with Crippen molar-refractivity contribution in [2.24, 2.45) is 0 Å². The fraction of sp³-hybridized carbons (Fsp3) is 0.176. The van der Waals surface area contributed by atoms with Gasteiger partial charge in [-0.2, -0.15) is 4.68 Å². The normalized spacial score (nSPS) is 11.1. The van der Waals surface area contributed by atoms with E-state index in [1.807, 2.05) is 17.5 Å². The lowest BCUT2D eigenvalue weighted by atomic mass is 10.2.